The molecule has 0 aliphatic heterocycles. The van der Waals surface area contributed by atoms with Crippen molar-refractivity contribution in [3.8, 4) is 5.75 Å². The molecule has 2 aromatic rings. The number of ether oxygens (including phenoxy) is 1. The molecule has 2 rings (SSSR count). The Hall–Kier alpha value is -2.50. The van der Waals surface area contributed by atoms with Crippen LogP contribution in [0.15, 0.2) is 42.6 Å². The maximum atomic E-state index is 13.2. The van der Waals surface area contributed by atoms with Gasteiger partial charge in [0.1, 0.15) is 11.6 Å². The number of pyridine rings is 1. The summed E-state index contributed by atoms with van der Waals surface area (Å²) in [5.41, 5.74) is 0. The standard InChI is InChI=1S/C13H10F2N2O2/c14-9-4-5-11(10(15)7-9)19-8-13(18)17-12-3-1-2-6-16-12/h1-7H,8H2,(H,16,17,18). The monoisotopic (exact) mass is 264 g/mol. The third-order valence-corrected chi connectivity index (χ3v) is 2.19. The van der Waals surface area contributed by atoms with E-state index >= 15 is 0 Å². The van der Waals surface area contributed by atoms with Crippen molar-refractivity contribution < 1.29 is 18.3 Å². The predicted octanol–water partition coefficient (Wildman–Crippen LogP) is 2.38. The molecule has 1 amide bonds. The van der Waals surface area contributed by atoms with Crippen LogP contribution in [0.5, 0.6) is 5.75 Å². The van der Waals surface area contributed by atoms with Crippen molar-refractivity contribution in [2.24, 2.45) is 0 Å². The van der Waals surface area contributed by atoms with Crippen molar-refractivity contribution in [2.45, 2.75) is 0 Å². The molecule has 0 fully saturated rings. The summed E-state index contributed by atoms with van der Waals surface area (Å²) in [6.07, 6.45) is 1.52. The van der Waals surface area contributed by atoms with Gasteiger partial charge in [-0.2, -0.15) is 0 Å². The number of rotatable bonds is 4. The van der Waals surface area contributed by atoms with Crippen LogP contribution in [0.3, 0.4) is 0 Å². The number of carbonyl (C=O) groups is 1. The normalized spacial score (nSPS) is 10.0. The Bertz CT molecular complexity index is 576. The Balaban J connectivity index is 1.90. The smallest absolute Gasteiger partial charge is 0.263 e. The molecule has 0 saturated carbocycles. The van der Waals surface area contributed by atoms with Crippen molar-refractivity contribution in [1.29, 1.82) is 0 Å². The fraction of sp³-hybridized carbons (Fsp3) is 0.0769. The molecule has 0 aliphatic rings. The molecule has 98 valence electrons. The van der Waals surface area contributed by atoms with Gasteiger partial charge in [-0.3, -0.25) is 4.79 Å². The SMILES string of the molecule is O=C(COc1ccc(F)cc1F)Nc1ccccn1. The van der Waals surface area contributed by atoms with E-state index in [4.69, 9.17) is 4.74 Å². The number of nitrogens with one attached hydrogen (secondary N) is 1. The Labute approximate surface area is 108 Å². The second kappa shape index (κ2) is 5.90. The zero-order valence-corrected chi connectivity index (χ0v) is 9.77. The molecule has 1 heterocycles. The van der Waals surface area contributed by atoms with Crippen LogP contribution in [-0.2, 0) is 4.79 Å². The van der Waals surface area contributed by atoms with Gasteiger partial charge in [0.05, 0.1) is 0 Å². The minimum atomic E-state index is -0.856. The molecular formula is C13H10F2N2O2. The first-order valence-corrected chi connectivity index (χ1v) is 5.44. The molecule has 0 aliphatic carbocycles. The van der Waals surface area contributed by atoms with Gasteiger partial charge in [-0.15, -0.1) is 0 Å². The van der Waals surface area contributed by atoms with Crippen LogP contribution < -0.4 is 10.1 Å². The lowest BCUT2D eigenvalue weighted by molar-refractivity contribution is -0.118. The highest BCUT2D eigenvalue weighted by molar-refractivity contribution is 5.90. The van der Waals surface area contributed by atoms with Gasteiger partial charge in [0, 0.05) is 12.3 Å². The third-order valence-electron chi connectivity index (χ3n) is 2.19. The van der Waals surface area contributed by atoms with Gasteiger partial charge in [-0.25, -0.2) is 13.8 Å². The molecule has 1 N–H and O–H groups in total. The maximum Gasteiger partial charge on any atom is 0.263 e. The average Bonchev–Trinajstić information content (AvgIpc) is 2.39. The summed E-state index contributed by atoms with van der Waals surface area (Å²) < 4.78 is 30.8. The van der Waals surface area contributed by atoms with E-state index in [1.54, 1.807) is 18.2 Å². The lowest BCUT2D eigenvalue weighted by atomic mass is 10.3. The summed E-state index contributed by atoms with van der Waals surface area (Å²) in [7, 11) is 0. The molecule has 1 aromatic carbocycles. The summed E-state index contributed by atoms with van der Waals surface area (Å²) in [6.45, 7) is -0.390. The zero-order valence-electron chi connectivity index (χ0n) is 9.77. The van der Waals surface area contributed by atoms with Crippen molar-refractivity contribution >= 4 is 11.7 Å². The number of amides is 1. The fourth-order valence-electron chi connectivity index (χ4n) is 1.35. The van der Waals surface area contributed by atoms with Crippen LogP contribution in [0.2, 0.25) is 0 Å². The van der Waals surface area contributed by atoms with Gasteiger partial charge in [0.15, 0.2) is 18.2 Å². The largest absolute Gasteiger partial charge is 0.481 e. The van der Waals surface area contributed by atoms with Gasteiger partial charge < -0.3 is 10.1 Å². The molecule has 0 bridgehead atoms. The molecule has 0 unspecified atom stereocenters. The lowest BCUT2D eigenvalue weighted by Gasteiger charge is -2.07. The first-order chi connectivity index (χ1) is 9.15. The van der Waals surface area contributed by atoms with E-state index in [2.05, 4.69) is 10.3 Å². The molecule has 19 heavy (non-hydrogen) atoms. The molecule has 0 atom stereocenters. The molecule has 0 spiro atoms. The second-order valence-corrected chi connectivity index (χ2v) is 3.63. The number of nitrogens with zero attached hydrogens (tertiary/aromatic N) is 1. The number of hydrogen-bond donors (Lipinski definition) is 1. The number of halogens is 2. The van der Waals surface area contributed by atoms with Gasteiger partial charge >= 0.3 is 0 Å². The van der Waals surface area contributed by atoms with Crippen LogP contribution in [0, 0.1) is 11.6 Å². The average molecular weight is 264 g/mol. The minimum Gasteiger partial charge on any atom is -0.481 e. The Kier molecular flexibility index (Phi) is 4.02. The van der Waals surface area contributed by atoms with E-state index < -0.39 is 17.5 Å². The van der Waals surface area contributed by atoms with Crippen molar-refractivity contribution in [3.63, 3.8) is 0 Å². The van der Waals surface area contributed by atoms with Crippen molar-refractivity contribution in [2.75, 3.05) is 11.9 Å². The fourth-order valence-corrected chi connectivity index (χ4v) is 1.35. The van der Waals surface area contributed by atoms with Gasteiger partial charge in [0.2, 0.25) is 0 Å². The topological polar surface area (TPSA) is 51.2 Å². The molecule has 4 nitrogen and oxygen atoms in total. The van der Waals surface area contributed by atoms with E-state index in [1.165, 1.54) is 6.20 Å². The van der Waals surface area contributed by atoms with Gasteiger partial charge in [0.25, 0.3) is 5.91 Å². The third kappa shape index (κ3) is 3.74. The molecule has 6 heteroatoms. The van der Waals surface area contributed by atoms with E-state index in [-0.39, 0.29) is 12.4 Å². The van der Waals surface area contributed by atoms with Crippen LogP contribution >= 0.6 is 0 Å². The summed E-state index contributed by atoms with van der Waals surface area (Å²) in [5, 5.41) is 2.47. The maximum absolute atomic E-state index is 13.2. The number of aromatic nitrogens is 1. The van der Waals surface area contributed by atoms with Gasteiger partial charge in [-0.1, -0.05) is 6.07 Å². The quantitative estimate of drug-likeness (QED) is 0.922. The summed E-state index contributed by atoms with van der Waals surface area (Å²) in [4.78, 5) is 15.4. The Morgan fingerprint density at radius 1 is 1.26 bits per heavy atom. The number of carbonyl (C=O) groups excluding carboxylic acids is 1. The Morgan fingerprint density at radius 3 is 2.79 bits per heavy atom. The lowest BCUT2D eigenvalue weighted by Crippen LogP contribution is -2.21. The number of anilines is 1. The van der Waals surface area contributed by atoms with E-state index in [0.717, 1.165) is 12.1 Å². The number of benzene rings is 1. The molecule has 0 saturated heterocycles. The van der Waals surface area contributed by atoms with Gasteiger partial charge in [-0.05, 0) is 24.3 Å². The highest BCUT2D eigenvalue weighted by Crippen LogP contribution is 2.17. The minimum absolute atomic E-state index is 0.183. The zero-order chi connectivity index (χ0) is 13.7. The van der Waals surface area contributed by atoms with Crippen LogP contribution in [0.4, 0.5) is 14.6 Å². The molecule has 0 radical (unpaired) electrons. The summed E-state index contributed by atoms with van der Waals surface area (Å²) in [5.74, 6) is -1.86. The van der Waals surface area contributed by atoms with Crippen molar-refractivity contribution in [1.82, 2.24) is 4.98 Å². The van der Waals surface area contributed by atoms with Crippen LogP contribution in [0.25, 0.3) is 0 Å². The highest BCUT2D eigenvalue weighted by Gasteiger charge is 2.08. The van der Waals surface area contributed by atoms with E-state index in [9.17, 15) is 13.6 Å². The molecule has 1 aromatic heterocycles. The first kappa shape index (κ1) is 12.9. The van der Waals surface area contributed by atoms with Crippen LogP contribution in [0.1, 0.15) is 0 Å². The van der Waals surface area contributed by atoms with E-state index in [1.807, 2.05) is 0 Å². The van der Waals surface area contributed by atoms with Crippen LogP contribution in [-0.4, -0.2) is 17.5 Å². The predicted molar refractivity (Wildman–Crippen MR) is 64.7 cm³/mol. The highest BCUT2D eigenvalue weighted by atomic mass is 19.1. The number of hydrogen-bond acceptors (Lipinski definition) is 3. The summed E-state index contributed by atoms with van der Waals surface area (Å²) in [6, 6.07) is 7.89. The first-order valence-electron chi connectivity index (χ1n) is 5.44. The molecular weight excluding hydrogens is 254 g/mol. The van der Waals surface area contributed by atoms with E-state index in [0.29, 0.717) is 11.9 Å². The van der Waals surface area contributed by atoms with Crippen molar-refractivity contribution in [3.05, 3.63) is 54.2 Å². The second-order valence-electron chi connectivity index (χ2n) is 3.63. The Morgan fingerprint density at radius 2 is 2.11 bits per heavy atom. The summed E-state index contributed by atoms with van der Waals surface area (Å²) >= 11 is 0.